The zero-order valence-electron chi connectivity index (χ0n) is 25.7. The second-order valence-corrected chi connectivity index (χ2v) is 12.4. The highest BCUT2D eigenvalue weighted by atomic mass is 15.1. The molecule has 5 heteroatoms. The molecular weight excluding hydrogens is 587 g/mol. The van der Waals surface area contributed by atoms with Gasteiger partial charge in [0.05, 0.1) is 38.6 Å². The van der Waals surface area contributed by atoms with Crippen LogP contribution in [0, 0.1) is 0 Å². The van der Waals surface area contributed by atoms with Gasteiger partial charge in [0.25, 0.3) is 0 Å². The number of aromatic nitrogens is 5. The highest BCUT2D eigenvalue weighted by Crippen LogP contribution is 2.47. The van der Waals surface area contributed by atoms with Crippen molar-refractivity contribution in [3.63, 3.8) is 0 Å². The molecule has 0 radical (unpaired) electrons. The molecule has 222 valence electrons. The van der Waals surface area contributed by atoms with Crippen LogP contribution in [0.2, 0.25) is 0 Å². The largest absolute Gasteiger partial charge is 0.291 e. The van der Waals surface area contributed by atoms with Crippen molar-refractivity contribution in [3.8, 4) is 28.5 Å². The summed E-state index contributed by atoms with van der Waals surface area (Å²) in [6.07, 6.45) is 0. The summed E-state index contributed by atoms with van der Waals surface area (Å²) < 4.78 is 4.76. The van der Waals surface area contributed by atoms with Gasteiger partial charge in [0.2, 0.25) is 0 Å². The van der Waals surface area contributed by atoms with Gasteiger partial charge in [0, 0.05) is 38.1 Å². The minimum Gasteiger partial charge on any atom is -0.291 e. The van der Waals surface area contributed by atoms with Crippen molar-refractivity contribution < 1.29 is 0 Å². The van der Waals surface area contributed by atoms with Crippen molar-refractivity contribution in [1.82, 2.24) is 23.9 Å². The molecule has 0 unspecified atom stereocenters. The second-order valence-electron chi connectivity index (χ2n) is 12.4. The molecule has 0 bridgehead atoms. The normalized spacial score (nSPS) is 12.2. The zero-order valence-corrected chi connectivity index (χ0v) is 25.7. The van der Waals surface area contributed by atoms with E-state index in [1.807, 2.05) is 24.3 Å². The third kappa shape index (κ3) is 3.32. The summed E-state index contributed by atoms with van der Waals surface area (Å²) in [5, 5.41) is 6.98. The topological polar surface area (TPSA) is 48.0 Å². The van der Waals surface area contributed by atoms with Crippen LogP contribution in [0.25, 0.3) is 99.4 Å². The summed E-state index contributed by atoms with van der Waals surface area (Å²) in [7, 11) is 0. The Hall–Kier alpha value is -6.59. The van der Waals surface area contributed by atoms with Gasteiger partial charge in [-0.25, -0.2) is 15.0 Å². The van der Waals surface area contributed by atoms with Crippen LogP contribution in [-0.2, 0) is 0 Å². The quantitative estimate of drug-likeness (QED) is 0.200. The Balaban J connectivity index is 1.46. The van der Waals surface area contributed by atoms with Crippen LogP contribution in [0.1, 0.15) is 0 Å². The smallest absolute Gasteiger partial charge is 0.165 e. The average molecular weight is 612 g/mol. The van der Waals surface area contributed by atoms with Crippen molar-refractivity contribution in [2.75, 3.05) is 0 Å². The maximum absolute atomic E-state index is 5.48. The van der Waals surface area contributed by atoms with Crippen LogP contribution in [0.4, 0.5) is 0 Å². The Morgan fingerprint density at radius 3 is 1.79 bits per heavy atom. The number of imidazole rings is 1. The fourth-order valence-electron chi connectivity index (χ4n) is 7.85. The van der Waals surface area contributed by atoms with E-state index >= 15 is 0 Å². The van der Waals surface area contributed by atoms with Crippen LogP contribution >= 0.6 is 0 Å². The van der Waals surface area contributed by atoms with Gasteiger partial charge in [-0.1, -0.05) is 127 Å². The lowest BCUT2D eigenvalue weighted by atomic mass is 10.0. The van der Waals surface area contributed by atoms with Gasteiger partial charge in [-0.05, 0) is 29.7 Å². The molecule has 0 saturated heterocycles. The lowest BCUT2D eigenvalue weighted by molar-refractivity contribution is 1.08. The van der Waals surface area contributed by atoms with E-state index in [0.29, 0.717) is 0 Å². The molecular formula is C43H25N5. The summed E-state index contributed by atoms with van der Waals surface area (Å²) in [6, 6.07) is 53.2. The first kappa shape index (κ1) is 25.6. The number of hydrogen-bond donors (Lipinski definition) is 0. The highest BCUT2D eigenvalue weighted by molar-refractivity contribution is 6.36. The van der Waals surface area contributed by atoms with Crippen molar-refractivity contribution >= 4 is 70.9 Å². The molecule has 11 aromatic rings. The number of fused-ring (bicyclic) bond motifs is 7. The Morgan fingerprint density at radius 2 is 1.00 bits per heavy atom. The second kappa shape index (κ2) is 9.47. The van der Waals surface area contributed by atoms with E-state index in [2.05, 4.69) is 136 Å². The summed E-state index contributed by atoms with van der Waals surface area (Å²) in [5.41, 5.74) is 10.1. The van der Waals surface area contributed by atoms with Crippen LogP contribution < -0.4 is 0 Å². The van der Waals surface area contributed by atoms with E-state index in [9.17, 15) is 0 Å². The van der Waals surface area contributed by atoms with Gasteiger partial charge in [0.1, 0.15) is 11.5 Å². The van der Waals surface area contributed by atoms with Gasteiger partial charge < -0.3 is 0 Å². The van der Waals surface area contributed by atoms with Gasteiger partial charge in [-0.15, -0.1) is 0 Å². The maximum Gasteiger partial charge on any atom is 0.165 e. The molecule has 0 spiro atoms. The van der Waals surface area contributed by atoms with E-state index in [0.717, 1.165) is 77.9 Å². The molecule has 0 aliphatic carbocycles. The number of hydrogen-bond acceptors (Lipinski definition) is 3. The first-order chi connectivity index (χ1) is 23.8. The highest BCUT2D eigenvalue weighted by Gasteiger charge is 2.28. The van der Waals surface area contributed by atoms with E-state index in [1.54, 1.807) is 0 Å². The molecule has 0 saturated carbocycles. The standard InChI is InChI=1S/C43H25N5/c1-3-14-26(15-4-1)38-43(45-33-23-11-10-22-32(33)44-38)48-35-25-13-21-29-28-18-9-12-24-34(28)47-41-37(36(29)35)40(48)31-20-8-7-19-30(31)39(41)46-42(47)27-16-5-2-6-17-27/h1-25H. The molecule has 0 N–H and O–H groups in total. The summed E-state index contributed by atoms with van der Waals surface area (Å²) >= 11 is 0. The van der Waals surface area contributed by atoms with Crippen LogP contribution in [-0.4, -0.2) is 23.9 Å². The first-order valence-corrected chi connectivity index (χ1v) is 16.2. The van der Waals surface area contributed by atoms with E-state index in [-0.39, 0.29) is 0 Å². The van der Waals surface area contributed by atoms with Crippen molar-refractivity contribution in [1.29, 1.82) is 0 Å². The Labute approximate surface area is 274 Å². The molecule has 4 heterocycles. The van der Waals surface area contributed by atoms with Crippen LogP contribution in [0.15, 0.2) is 152 Å². The fraction of sp³-hybridized carbons (Fsp3) is 0. The SMILES string of the molecule is c1ccc(-c2nc3ccccc3nc2-n2c3cccc4c5ccccc5n5c(-c6ccccc6)nc6c7ccccc7c2c(c43)c65)cc1. The van der Waals surface area contributed by atoms with Gasteiger partial charge >= 0.3 is 0 Å². The summed E-state index contributed by atoms with van der Waals surface area (Å²) in [5.74, 6) is 1.74. The lowest BCUT2D eigenvalue weighted by Crippen LogP contribution is -2.04. The minimum atomic E-state index is 0.810. The molecule has 0 amide bonds. The fourth-order valence-corrected chi connectivity index (χ4v) is 7.85. The Morgan fingerprint density at radius 1 is 0.396 bits per heavy atom. The van der Waals surface area contributed by atoms with Crippen LogP contribution in [0.5, 0.6) is 0 Å². The molecule has 0 atom stereocenters. The summed E-state index contributed by atoms with van der Waals surface area (Å²) in [6.45, 7) is 0. The number of nitrogens with zero attached hydrogens (tertiary/aromatic N) is 5. The third-order valence-corrected chi connectivity index (χ3v) is 9.82. The molecule has 0 aliphatic rings. The van der Waals surface area contributed by atoms with E-state index in [1.165, 1.54) is 21.5 Å². The van der Waals surface area contributed by atoms with Gasteiger partial charge in [0.15, 0.2) is 5.82 Å². The molecule has 48 heavy (non-hydrogen) atoms. The molecule has 7 aromatic carbocycles. The number of para-hydroxylation sites is 3. The van der Waals surface area contributed by atoms with Crippen molar-refractivity contribution in [3.05, 3.63) is 152 Å². The first-order valence-electron chi connectivity index (χ1n) is 16.2. The lowest BCUT2D eigenvalue weighted by Gasteiger charge is -2.15. The minimum absolute atomic E-state index is 0.810. The predicted molar refractivity (Wildman–Crippen MR) is 197 cm³/mol. The monoisotopic (exact) mass is 611 g/mol. The predicted octanol–water partition coefficient (Wildman–Crippen LogP) is 10.6. The van der Waals surface area contributed by atoms with Gasteiger partial charge in [-0.2, -0.15) is 0 Å². The number of benzene rings is 7. The van der Waals surface area contributed by atoms with Crippen molar-refractivity contribution in [2.24, 2.45) is 0 Å². The third-order valence-electron chi connectivity index (χ3n) is 9.82. The van der Waals surface area contributed by atoms with E-state index < -0.39 is 0 Å². The molecule has 0 fully saturated rings. The van der Waals surface area contributed by atoms with Gasteiger partial charge in [-0.3, -0.25) is 8.97 Å². The van der Waals surface area contributed by atoms with E-state index in [4.69, 9.17) is 15.0 Å². The maximum atomic E-state index is 5.48. The average Bonchev–Trinajstić information content (AvgIpc) is 3.69. The zero-order chi connectivity index (χ0) is 31.3. The molecule has 0 aliphatic heterocycles. The summed E-state index contributed by atoms with van der Waals surface area (Å²) in [4.78, 5) is 16.2. The van der Waals surface area contributed by atoms with Crippen molar-refractivity contribution in [2.45, 2.75) is 0 Å². The molecule has 4 aromatic heterocycles. The molecule has 11 rings (SSSR count). The van der Waals surface area contributed by atoms with Crippen LogP contribution in [0.3, 0.4) is 0 Å². The Kier molecular flexibility index (Phi) is 5.05. The number of rotatable bonds is 3. The molecule has 5 nitrogen and oxygen atoms in total. The Bertz CT molecular complexity index is 3050.